The van der Waals surface area contributed by atoms with Crippen LogP contribution in [-0.4, -0.2) is 54.5 Å². The minimum absolute atomic E-state index is 0.116. The second-order valence-electron chi connectivity index (χ2n) is 5.34. The first kappa shape index (κ1) is 12.6. The molecule has 0 spiro atoms. The highest BCUT2D eigenvalue weighted by Crippen LogP contribution is 2.19. The molecule has 0 bridgehead atoms. The van der Waals surface area contributed by atoms with Crippen molar-refractivity contribution in [2.45, 2.75) is 19.0 Å². The van der Waals surface area contributed by atoms with Crippen LogP contribution in [0.1, 0.15) is 12.0 Å². The summed E-state index contributed by atoms with van der Waals surface area (Å²) in [5.74, 6) is 0.311. The number of piperazine rings is 1. The molecule has 1 amide bonds. The van der Waals surface area contributed by atoms with Crippen LogP contribution in [-0.2, 0) is 11.3 Å². The summed E-state index contributed by atoms with van der Waals surface area (Å²) < 4.78 is 0. The Bertz CT molecular complexity index is 428. The molecule has 0 unspecified atom stereocenters. The average molecular weight is 259 g/mol. The highest BCUT2D eigenvalue weighted by atomic mass is 16.2. The highest BCUT2D eigenvalue weighted by Gasteiger charge is 2.35. The third kappa shape index (κ3) is 2.80. The highest BCUT2D eigenvalue weighted by molar-refractivity contribution is 5.84. The first-order valence-electron chi connectivity index (χ1n) is 7.12. The number of rotatable bonds is 3. The van der Waals surface area contributed by atoms with Gasteiger partial charge in [0.05, 0.1) is 6.04 Å². The van der Waals surface area contributed by atoms with Crippen LogP contribution in [0.2, 0.25) is 0 Å². The summed E-state index contributed by atoms with van der Waals surface area (Å²) in [4.78, 5) is 16.8. The van der Waals surface area contributed by atoms with Crippen LogP contribution in [0, 0.1) is 0 Å². The first-order valence-corrected chi connectivity index (χ1v) is 7.12. The summed E-state index contributed by atoms with van der Waals surface area (Å²) in [5.41, 5.74) is 1.22. The SMILES string of the molecule is O=C1[C@H](N2CCNCC2)CCN1Cc1ccccc1. The monoisotopic (exact) mass is 259 g/mol. The summed E-state index contributed by atoms with van der Waals surface area (Å²) in [7, 11) is 0. The minimum atomic E-state index is 0.116. The van der Waals surface area contributed by atoms with Crippen LogP contribution >= 0.6 is 0 Å². The van der Waals surface area contributed by atoms with Crippen molar-refractivity contribution >= 4 is 5.91 Å². The van der Waals surface area contributed by atoms with Crippen molar-refractivity contribution in [1.29, 1.82) is 0 Å². The van der Waals surface area contributed by atoms with Crippen LogP contribution in [0.15, 0.2) is 30.3 Å². The lowest BCUT2D eigenvalue weighted by Crippen LogP contribution is -2.51. The Balaban J connectivity index is 1.62. The lowest BCUT2D eigenvalue weighted by Gasteiger charge is -2.31. The fraction of sp³-hybridized carbons (Fsp3) is 0.533. The van der Waals surface area contributed by atoms with Crippen LogP contribution in [0.3, 0.4) is 0 Å². The molecule has 102 valence electrons. The zero-order chi connectivity index (χ0) is 13.1. The molecule has 2 heterocycles. The first-order chi connectivity index (χ1) is 9.34. The van der Waals surface area contributed by atoms with Crippen LogP contribution in [0.4, 0.5) is 0 Å². The minimum Gasteiger partial charge on any atom is -0.337 e. The van der Waals surface area contributed by atoms with Crippen molar-refractivity contribution < 1.29 is 4.79 Å². The second kappa shape index (κ2) is 5.72. The van der Waals surface area contributed by atoms with Gasteiger partial charge in [-0.3, -0.25) is 9.69 Å². The zero-order valence-corrected chi connectivity index (χ0v) is 11.2. The third-order valence-electron chi connectivity index (χ3n) is 4.08. The summed E-state index contributed by atoms with van der Waals surface area (Å²) in [6.07, 6.45) is 0.978. The predicted molar refractivity (Wildman–Crippen MR) is 74.7 cm³/mol. The molecule has 1 atom stereocenters. The number of benzene rings is 1. The van der Waals surface area contributed by atoms with Gasteiger partial charge in [0.1, 0.15) is 0 Å². The van der Waals surface area contributed by atoms with Crippen molar-refractivity contribution in [2.24, 2.45) is 0 Å². The smallest absolute Gasteiger partial charge is 0.240 e. The van der Waals surface area contributed by atoms with Gasteiger partial charge in [0, 0.05) is 39.3 Å². The molecule has 0 saturated carbocycles. The predicted octanol–water partition coefficient (Wildman–Crippen LogP) is 0.693. The maximum atomic E-state index is 12.5. The van der Waals surface area contributed by atoms with Crippen LogP contribution in [0.5, 0.6) is 0 Å². The van der Waals surface area contributed by atoms with Gasteiger partial charge >= 0.3 is 0 Å². The number of nitrogens with one attached hydrogen (secondary N) is 1. The molecule has 19 heavy (non-hydrogen) atoms. The van der Waals surface area contributed by atoms with E-state index in [1.807, 2.05) is 23.1 Å². The van der Waals surface area contributed by atoms with E-state index in [4.69, 9.17) is 0 Å². The molecule has 4 heteroatoms. The number of amides is 1. The van der Waals surface area contributed by atoms with E-state index in [2.05, 4.69) is 22.3 Å². The van der Waals surface area contributed by atoms with Crippen LogP contribution in [0.25, 0.3) is 0 Å². The van der Waals surface area contributed by atoms with E-state index in [0.717, 1.165) is 45.7 Å². The quantitative estimate of drug-likeness (QED) is 0.867. The van der Waals surface area contributed by atoms with Gasteiger partial charge in [0.25, 0.3) is 0 Å². The lowest BCUT2D eigenvalue weighted by molar-refractivity contribution is -0.132. The molecule has 0 aromatic heterocycles. The van der Waals surface area contributed by atoms with E-state index < -0.39 is 0 Å². The van der Waals surface area contributed by atoms with E-state index in [9.17, 15) is 4.79 Å². The molecule has 2 saturated heterocycles. The molecule has 2 aliphatic rings. The standard InChI is InChI=1S/C15H21N3O/c19-15-14(17-10-7-16-8-11-17)6-9-18(15)12-13-4-2-1-3-5-13/h1-5,14,16H,6-12H2/t14-/m1/s1. The molecule has 1 aromatic rings. The Morgan fingerprint density at radius 2 is 1.84 bits per heavy atom. The maximum Gasteiger partial charge on any atom is 0.240 e. The molecule has 2 aliphatic heterocycles. The van der Waals surface area contributed by atoms with Gasteiger partial charge in [0.15, 0.2) is 0 Å². The third-order valence-corrected chi connectivity index (χ3v) is 4.08. The van der Waals surface area contributed by atoms with Gasteiger partial charge in [-0.15, -0.1) is 0 Å². The Morgan fingerprint density at radius 1 is 1.11 bits per heavy atom. The van der Waals surface area contributed by atoms with E-state index >= 15 is 0 Å². The lowest BCUT2D eigenvalue weighted by atomic mass is 10.2. The second-order valence-corrected chi connectivity index (χ2v) is 5.34. The average Bonchev–Trinajstić information content (AvgIpc) is 2.82. The topological polar surface area (TPSA) is 35.6 Å². The van der Waals surface area contributed by atoms with Gasteiger partial charge in [0.2, 0.25) is 5.91 Å². The zero-order valence-electron chi connectivity index (χ0n) is 11.2. The molecule has 1 N–H and O–H groups in total. The fourth-order valence-electron chi connectivity index (χ4n) is 3.02. The molecule has 0 radical (unpaired) electrons. The summed E-state index contributed by atoms with van der Waals surface area (Å²) >= 11 is 0. The molecule has 4 nitrogen and oxygen atoms in total. The largest absolute Gasteiger partial charge is 0.337 e. The number of carbonyl (C=O) groups excluding carboxylic acids is 1. The Labute approximate surface area is 114 Å². The van der Waals surface area contributed by atoms with Crippen molar-refractivity contribution in [3.63, 3.8) is 0 Å². The van der Waals surface area contributed by atoms with Crippen molar-refractivity contribution in [2.75, 3.05) is 32.7 Å². The number of hydrogen-bond acceptors (Lipinski definition) is 3. The Morgan fingerprint density at radius 3 is 2.58 bits per heavy atom. The summed E-state index contributed by atoms with van der Waals surface area (Å²) in [6.45, 7) is 5.64. The molecule has 0 aliphatic carbocycles. The Hall–Kier alpha value is -1.39. The molecular formula is C15H21N3O. The van der Waals surface area contributed by atoms with Crippen molar-refractivity contribution in [3.8, 4) is 0 Å². The van der Waals surface area contributed by atoms with Crippen molar-refractivity contribution in [1.82, 2.24) is 15.1 Å². The van der Waals surface area contributed by atoms with E-state index in [1.54, 1.807) is 0 Å². The van der Waals surface area contributed by atoms with Crippen molar-refractivity contribution in [3.05, 3.63) is 35.9 Å². The van der Waals surface area contributed by atoms with Gasteiger partial charge in [-0.2, -0.15) is 0 Å². The number of nitrogens with zero attached hydrogens (tertiary/aromatic N) is 2. The molecule has 2 fully saturated rings. The number of hydrogen-bond donors (Lipinski definition) is 1. The number of likely N-dealkylation sites (tertiary alicyclic amines) is 1. The van der Waals surface area contributed by atoms with Gasteiger partial charge < -0.3 is 10.2 Å². The van der Waals surface area contributed by atoms with Gasteiger partial charge in [-0.1, -0.05) is 30.3 Å². The van der Waals surface area contributed by atoms with Gasteiger partial charge in [-0.05, 0) is 12.0 Å². The number of carbonyl (C=O) groups is 1. The molecule has 3 rings (SSSR count). The molecule has 1 aromatic carbocycles. The molecular weight excluding hydrogens is 238 g/mol. The normalized spacial score (nSPS) is 24.9. The summed E-state index contributed by atoms with van der Waals surface area (Å²) in [5, 5.41) is 3.34. The maximum absolute atomic E-state index is 12.5. The van der Waals surface area contributed by atoms with E-state index in [0.29, 0.717) is 5.91 Å². The summed E-state index contributed by atoms with van der Waals surface area (Å²) in [6, 6.07) is 10.4. The van der Waals surface area contributed by atoms with E-state index in [1.165, 1.54) is 5.56 Å². The Kier molecular flexibility index (Phi) is 3.80. The van der Waals surface area contributed by atoms with Gasteiger partial charge in [-0.25, -0.2) is 0 Å². The van der Waals surface area contributed by atoms with E-state index in [-0.39, 0.29) is 6.04 Å². The van der Waals surface area contributed by atoms with Crippen LogP contribution < -0.4 is 5.32 Å². The fourth-order valence-corrected chi connectivity index (χ4v) is 3.02.